The van der Waals surface area contributed by atoms with Crippen molar-refractivity contribution in [2.24, 2.45) is 0 Å². The second kappa shape index (κ2) is 11.4. The summed E-state index contributed by atoms with van der Waals surface area (Å²) in [6.07, 6.45) is 4.03. The van der Waals surface area contributed by atoms with E-state index >= 15 is 0 Å². The minimum absolute atomic E-state index is 0.497. The molecule has 4 aromatic heterocycles. The Morgan fingerprint density at radius 3 is 2.11 bits per heavy atom. The Morgan fingerprint density at radius 2 is 1.41 bits per heavy atom. The number of methoxy groups -OCH3 is 3. The number of imidazole rings is 1. The number of fused-ring (bicyclic) bond motifs is 2. The van der Waals surface area contributed by atoms with Gasteiger partial charge in [-0.3, -0.25) is 9.38 Å². The quantitative estimate of drug-likeness (QED) is 0.234. The average Bonchev–Trinajstić information content (AvgIpc) is 3.51. The predicted molar refractivity (Wildman–Crippen MR) is 172 cm³/mol. The number of rotatable bonds is 7. The van der Waals surface area contributed by atoms with Gasteiger partial charge >= 0.3 is 0 Å². The van der Waals surface area contributed by atoms with E-state index < -0.39 is 0 Å². The van der Waals surface area contributed by atoms with Gasteiger partial charge in [-0.15, -0.1) is 0 Å². The average molecular weight is 588 g/mol. The van der Waals surface area contributed by atoms with Crippen LogP contribution in [0.25, 0.3) is 38.9 Å². The van der Waals surface area contributed by atoms with Gasteiger partial charge in [0.05, 0.1) is 44.8 Å². The van der Waals surface area contributed by atoms with Crippen LogP contribution in [0.2, 0.25) is 0 Å². The van der Waals surface area contributed by atoms with Crippen LogP contribution in [0.1, 0.15) is 5.69 Å². The van der Waals surface area contributed by atoms with Crippen molar-refractivity contribution in [3.05, 3.63) is 84.8 Å². The van der Waals surface area contributed by atoms with Crippen molar-refractivity contribution >= 4 is 28.2 Å². The predicted octanol–water partition coefficient (Wildman–Crippen LogP) is 5.67. The number of benzene rings is 2. The topological polar surface area (TPSA) is 90.1 Å². The van der Waals surface area contributed by atoms with Gasteiger partial charge in [-0.1, -0.05) is 12.1 Å². The van der Waals surface area contributed by atoms with Crippen molar-refractivity contribution in [1.82, 2.24) is 24.3 Å². The van der Waals surface area contributed by atoms with Gasteiger partial charge in [0.2, 0.25) is 17.7 Å². The SMILES string of the molecule is COc1ccc2nc(C)cc(-c3cnc4cc(-c5ccc(N6CCN(c7nc(OC)cc(OC)n7)CC6)cc5)ccn34)c2c1. The Balaban J connectivity index is 1.10. The van der Waals surface area contributed by atoms with E-state index in [0.717, 1.165) is 76.6 Å². The fourth-order valence-electron chi connectivity index (χ4n) is 5.81. The molecule has 7 rings (SSSR count). The maximum Gasteiger partial charge on any atom is 0.232 e. The molecule has 0 saturated carbocycles. The third kappa shape index (κ3) is 5.08. The maximum atomic E-state index is 5.49. The highest BCUT2D eigenvalue weighted by Gasteiger charge is 2.21. The van der Waals surface area contributed by atoms with Crippen molar-refractivity contribution in [3.63, 3.8) is 0 Å². The Labute approximate surface area is 255 Å². The molecular weight excluding hydrogens is 554 g/mol. The summed E-state index contributed by atoms with van der Waals surface area (Å²) >= 11 is 0. The van der Waals surface area contributed by atoms with Crippen LogP contribution in [0.5, 0.6) is 17.5 Å². The molecule has 1 aliphatic heterocycles. The lowest BCUT2D eigenvalue weighted by Crippen LogP contribution is -2.47. The molecule has 0 N–H and O–H groups in total. The number of aryl methyl sites for hydroxylation is 1. The van der Waals surface area contributed by atoms with Crippen LogP contribution in [-0.4, -0.2) is 71.8 Å². The molecule has 0 spiro atoms. The van der Waals surface area contributed by atoms with Gasteiger partial charge in [-0.25, -0.2) is 4.98 Å². The van der Waals surface area contributed by atoms with Crippen LogP contribution in [0, 0.1) is 6.92 Å². The second-order valence-corrected chi connectivity index (χ2v) is 10.8. The zero-order valence-electron chi connectivity index (χ0n) is 25.2. The van der Waals surface area contributed by atoms with Gasteiger partial charge in [0, 0.05) is 54.7 Å². The van der Waals surface area contributed by atoms with Gasteiger partial charge in [0.1, 0.15) is 11.4 Å². The van der Waals surface area contributed by atoms with E-state index in [1.54, 1.807) is 27.4 Å². The molecule has 2 aromatic carbocycles. The summed E-state index contributed by atoms with van der Waals surface area (Å²) in [4.78, 5) is 23.1. The van der Waals surface area contributed by atoms with E-state index in [1.807, 2.05) is 31.3 Å². The molecule has 1 fully saturated rings. The first-order valence-electron chi connectivity index (χ1n) is 14.5. The highest BCUT2D eigenvalue weighted by molar-refractivity contribution is 5.95. The van der Waals surface area contributed by atoms with Gasteiger partial charge < -0.3 is 24.0 Å². The van der Waals surface area contributed by atoms with Crippen LogP contribution < -0.4 is 24.0 Å². The third-order valence-electron chi connectivity index (χ3n) is 8.15. The van der Waals surface area contributed by atoms with Crippen molar-refractivity contribution < 1.29 is 14.2 Å². The van der Waals surface area contributed by atoms with Crippen LogP contribution in [0.15, 0.2) is 79.1 Å². The molecule has 44 heavy (non-hydrogen) atoms. The third-order valence-corrected chi connectivity index (χ3v) is 8.15. The van der Waals surface area contributed by atoms with Crippen molar-refractivity contribution in [2.75, 3.05) is 57.3 Å². The molecule has 0 amide bonds. The molecular formula is C34H33N7O3. The van der Waals surface area contributed by atoms with E-state index in [9.17, 15) is 0 Å². The number of hydrogen-bond acceptors (Lipinski definition) is 9. The van der Waals surface area contributed by atoms with E-state index in [0.29, 0.717) is 17.7 Å². The molecule has 10 heteroatoms. The molecule has 0 aliphatic carbocycles. The first kappa shape index (κ1) is 27.5. The molecule has 6 aromatic rings. The summed E-state index contributed by atoms with van der Waals surface area (Å²) in [5.74, 6) is 2.42. The van der Waals surface area contributed by atoms with E-state index in [1.165, 1.54) is 5.69 Å². The van der Waals surface area contributed by atoms with Crippen molar-refractivity contribution in [1.29, 1.82) is 0 Å². The maximum absolute atomic E-state index is 5.49. The van der Waals surface area contributed by atoms with Gasteiger partial charge in [-0.2, -0.15) is 9.97 Å². The molecule has 1 saturated heterocycles. The van der Waals surface area contributed by atoms with Crippen LogP contribution in [0.3, 0.4) is 0 Å². The Hall–Kier alpha value is -5.38. The molecule has 0 bridgehead atoms. The Kier molecular flexibility index (Phi) is 7.09. The number of hydrogen-bond donors (Lipinski definition) is 0. The Bertz CT molecular complexity index is 1940. The second-order valence-electron chi connectivity index (χ2n) is 10.8. The molecule has 0 unspecified atom stereocenters. The minimum Gasteiger partial charge on any atom is -0.497 e. The molecule has 10 nitrogen and oxygen atoms in total. The Morgan fingerprint density at radius 1 is 0.682 bits per heavy atom. The summed E-state index contributed by atoms with van der Waals surface area (Å²) < 4.78 is 18.3. The fraction of sp³-hybridized carbons (Fsp3) is 0.235. The minimum atomic E-state index is 0.497. The summed E-state index contributed by atoms with van der Waals surface area (Å²) in [5, 5.41) is 1.04. The van der Waals surface area contributed by atoms with Crippen molar-refractivity contribution in [3.8, 4) is 39.9 Å². The number of nitrogens with zero attached hydrogens (tertiary/aromatic N) is 7. The molecule has 1 aliphatic rings. The molecule has 0 radical (unpaired) electrons. The number of pyridine rings is 2. The standard InChI is InChI=1S/C34H33N7O3/c1-22-17-28(27-19-26(42-2)9-10-29(27)36-22)30-21-35-31-18-24(11-12-41(30)31)23-5-7-25(8-6-23)39-13-15-40(16-14-39)34-37-32(43-3)20-33(38-34)44-4/h5-12,17-21H,13-16H2,1-4H3. The lowest BCUT2D eigenvalue weighted by atomic mass is 10.0. The van der Waals surface area contributed by atoms with Gasteiger partial charge in [0.25, 0.3) is 0 Å². The summed E-state index contributed by atoms with van der Waals surface area (Å²) in [6.45, 7) is 5.34. The number of anilines is 2. The zero-order chi connectivity index (χ0) is 30.2. The first-order chi connectivity index (χ1) is 21.5. The van der Waals surface area contributed by atoms with Gasteiger partial charge in [-0.05, 0) is 66.6 Å². The summed E-state index contributed by atoms with van der Waals surface area (Å²) in [7, 11) is 4.88. The molecule has 0 atom stereocenters. The smallest absolute Gasteiger partial charge is 0.232 e. The van der Waals surface area contributed by atoms with Crippen LogP contribution >= 0.6 is 0 Å². The highest BCUT2D eigenvalue weighted by Crippen LogP contribution is 2.33. The number of piperazine rings is 1. The lowest BCUT2D eigenvalue weighted by Gasteiger charge is -2.36. The monoisotopic (exact) mass is 587 g/mol. The normalized spacial score (nSPS) is 13.5. The van der Waals surface area contributed by atoms with Crippen LogP contribution in [0.4, 0.5) is 11.6 Å². The fourth-order valence-corrected chi connectivity index (χ4v) is 5.81. The highest BCUT2D eigenvalue weighted by atomic mass is 16.5. The first-order valence-corrected chi connectivity index (χ1v) is 14.5. The van der Waals surface area contributed by atoms with Crippen molar-refractivity contribution in [2.45, 2.75) is 6.92 Å². The van der Waals surface area contributed by atoms with Gasteiger partial charge in [0.15, 0.2) is 0 Å². The summed E-state index contributed by atoms with van der Waals surface area (Å²) in [6, 6.07) is 22.8. The van der Waals surface area contributed by atoms with E-state index in [-0.39, 0.29) is 0 Å². The van der Waals surface area contributed by atoms with E-state index in [2.05, 4.69) is 72.8 Å². The van der Waals surface area contributed by atoms with Crippen LogP contribution in [-0.2, 0) is 0 Å². The summed E-state index contributed by atoms with van der Waals surface area (Å²) in [5.41, 5.74) is 8.33. The number of ether oxygens (including phenoxy) is 3. The zero-order valence-corrected chi connectivity index (χ0v) is 25.2. The lowest BCUT2D eigenvalue weighted by molar-refractivity contribution is 0.371. The van der Waals surface area contributed by atoms with E-state index in [4.69, 9.17) is 24.2 Å². The molecule has 5 heterocycles. The molecule has 222 valence electrons. The largest absolute Gasteiger partial charge is 0.497 e. The number of aromatic nitrogens is 5.